The van der Waals surface area contributed by atoms with Crippen LogP contribution in [0, 0.1) is 6.92 Å². The van der Waals surface area contributed by atoms with Gasteiger partial charge in [0.2, 0.25) is 0 Å². The predicted molar refractivity (Wildman–Crippen MR) is 84.1 cm³/mol. The summed E-state index contributed by atoms with van der Waals surface area (Å²) in [4.78, 5) is 14.8. The number of hydrogen-bond acceptors (Lipinski definition) is 2. The van der Waals surface area contributed by atoms with E-state index in [0.717, 1.165) is 34.1 Å². The number of hydrogen-bond donors (Lipinski definition) is 3. The van der Waals surface area contributed by atoms with Crippen LogP contribution in [0.3, 0.4) is 0 Å². The summed E-state index contributed by atoms with van der Waals surface area (Å²) in [5, 5.41) is 19.4. The normalized spacial score (nSPS) is 12.0. The molecule has 3 N–H and O–H groups in total. The first kappa shape index (κ1) is 15.6. The number of carbonyl (C=O) groups is 1. The Morgan fingerprint density at radius 1 is 1.29 bits per heavy atom. The molecule has 0 unspecified atom stereocenters. The Labute approximate surface area is 124 Å². The van der Waals surface area contributed by atoms with Gasteiger partial charge in [0.05, 0.1) is 5.56 Å². The van der Waals surface area contributed by atoms with Gasteiger partial charge in [0.1, 0.15) is 0 Å². The molecule has 0 atom stereocenters. The van der Waals surface area contributed by atoms with Gasteiger partial charge in [-0.3, -0.25) is 0 Å². The van der Waals surface area contributed by atoms with Crippen molar-refractivity contribution < 1.29 is 15.0 Å². The number of benzene rings is 1. The molecule has 0 bridgehead atoms. The van der Waals surface area contributed by atoms with Crippen LogP contribution in [0.5, 0.6) is 0 Å². The highest BCUT2D eigenvalue weighted by molar-refractivity contribution is 5.97. The van der Waals surface area contributed by atoms with Crippen LogP contribution in [0.1, 0.15) is 54.4 Å². The molecular weight excluding hydrogens is 266 g/mol. The Balaban J connectivity index is 2.76. The Morgan fingerprint density at radius 3 is 2.48 bits per heavy atom. The Kier molecular flexibility index (Phi) is 4.10. The summed E-state index contributed by atoms with van der Waals surface area (Å²) < 4.78 is 0. The van der Waals surface area contributed by atoms with E-state index < -0.39 is 5.97 Å². The lowest BCUT2D eigenvalue weighted by molar-refractivity contribution is 0.0697. The zero-order valence-electron chi connectivity index (χ0n) is 13.1. The molecular formula is C17H23NO3. The molecule has 1 aromatic heterocycles. The third kappa shape index (κ3) is 2.95. The van der Waals surface area contributed by atoms with Crippen molar-refractivity contribution in [3.05, 3.63) is 34.5 Å². The average Bonchev–Trinajstić information content (AvgIpc) is 2.69. The fourth-order valence-corrected chi connectivity index (χ4v) is 2.77. The number of aromatic amines is 1. The highest BCUT2D eigenvalue weighted by atomic mass is 16.4. The molecule has 4 heteroatoms. The number of carboxylic acids is 1. The van der Waals surface area contributed by atoms with Crippen molar-refractivity contribution in [1.29, 1.82) is 0 Å². The van der Waals surface area contributed by atoms with E-state index in [9.17, 15) is 9.90 Å². The molecule has 0 saturated heterocycles. The third-order valence-electron chi connectivity index (χ3n) is 3.87. The third-order valence-corrected chi connectivity index (χ3v) is 3.87. The molecule has 21 heavy (non-hydrogen) atoms. The van der Waals surface area contributed by atoms with Gasteiger partial charge in [0.15, 0.2) is 0 Å². The van der Waals surface area contributed by atoms with E-state index in [1.807, 2.05) is 6.92 Å². The highest BCUT2D eigenvalue weighted by Gasteiger charge is 2.22. The zero-order valence-corrected chi connectivity index (χ0v) is 13.1. The maximum atomic E-state index is 11.4. The van der Waals surface area contributed by atoms with E-state index in [1.165, 1.54) is 0 Å². The molecule has 0 spiro atoms. The molecule has 0 aliphatic rings. The molecule has 0 aliphatic heterocycles. The van der Waals surface area contributed by atoms with Gasteiger partial charge in [-0.15, -0.1) is 0 Å². The second kappa shape index (κ2) is 5.53. The number of aliphatic hydroxyl groups is 1. The van der Waals surface area contributed by atoms with Crippen molar-refractivity contribution >= 4 is 16.9 Å². The molecule has 2 aromatic rings. The number of H-pyrrole nitrogens is 1. The predicted octanol–water partition coefficient (Wildman–Crippen LogP) is 3.40. The minimum absolute atomic E-state index is 0.136. The number of nitrogens with one attached hydrogen (secondary N) is 1. The van der Waals surface area contributed by atoms with Gasteiger partial charge in [0.25, 0.3) is 0 Å². The molecule has 0 radical (unpaired) electrons. The van der Waals surface area contributed by atoms with Crippen molar-refractivity contribution in [2.45, 2.75) is 46.0 Å². The van der Waals surface area contributed by atoms with Crippen LogP contribution in [-0.4, -0.2) is 27.8 Å². The van der Waals surface area contributed by atoms with Gasteiger partial charge in [-0.1, -0.05) is 20.8 Å². The van der Waals surface area contributed by atoms with E-state index in [-0.39, 0.29) is 12.0 Å². The minimum Gasteiger partial charge on any atom is -0.478 e. The summed E-state index contributed by atoms with van der Waals surface area (Å²) in [6.45, 7) is 8.38. The number of rotatable bonds is 4. The standard InChI is InChI=1S/C17H23NO3/c1-10-12(6-5-7-19)13-8-11(16(20)21)9-14(15(13)18-10)17(2,3)4/h8-9,18-19H,5-7H2,1-4H3,(H,20,21). The Morgan fingerprint density at radius 2 is 1.95 bits per heavy atom. The smallest absolute Gasteiger partial charge is 0.335 e. The summed E-state index contributed by atoms with van der Waals surface area (Å²) in [5.41, 5.74) is 4.35. The van der Waals surface area contributed by atoms with Crippen molar-refractivity contribution in [2.75, 3.05) is 6.61 Å². The fourth-order valence-electron chi connectivity index (χ4n) is 2.77. The van der Waals surface area contributed by atoms with E-state index >= 15 is 0 Å². The first-order valence-electron chi connectivity index (χ1n) is 7.25. The van der Waals surface area contributed by atoms with Gasteiger partial charge in [-0.25, -0.2) is 4.79 Å². The van der Waals surface area contributed by atoms with E-state index in [4.69, 9.17) is 5.11 Å². The van der Waals surface area contributed by atoms with Crippen molar-refractivity contribution in [3.63, 3.8) is 0 Å². The van der Waals surface area contributed by atoms with E-state index in [0.29, 0.717) is 12.0 Å². The van der Waals surface area contributed by atoms with Gasteiger partial charge in [0, 0.05) is 23.2 Å². The fraction of sp³-hybridized carbons (Fsp3) is 0.471. The summed E-state index contributed by atoms with van der Waals surface area (Å²) in [6.07, 6.45) is 1.42. The average molecular weight is 289 g/mol. The lowest BCUT2D eigenvalue weighted by Gasteiger charge is -2.20. The van der Waals surface area contributed by atoms with Crippen LogP contribution in [0.25, 0.3) is 10.9 Å². The molecule has 0 amide bonds. The van der Waals surface area contributed by atoms with Gasteiger partial charge in [-0.2, -0.15) is 0 Å². The van der Waals surface area contributed by atoms with Crippen molar-refractivity contribution in [2.24, 2.45) is 0 Å². The van der Waals surface area contributed by atoms with Crippen LogP contribution >= 0.6 is 0 Å². The monoisotopic (exact) mass is 289 g/mol. The lowest BCUT2D eigenvalue weighted by atomic mass is 9.84. The first-order valence-corrected chi connectivity index (χ1v) is 7.25. The highest BCUT2D eigenvalue weighted by Crippen LogP contribution is 2.34. The minimum atomic E-state index is -0.908. The van der Waals surface area contributed by atoms with Crippen molar-refractivity contribution in [1.82, 2.24) is 4.98 Å². The molecule has 2 rings (SSSR count). The molecule has 0 saturated carbocycles. The lowest BCUT2D eigenvalue weighted by Crippen LogP contribution is -2.13. The Hall–Kier alpha value is -1.81. The number of carboxylic acid groups (broad SMARTS) is 1. The van der Waals surface area contributed by atoms with Gasteiger partial charge in [-0.05, 0) is 48.4 Å². The molecule has 4 nitrogen and oxygen atoms in total. The van der Waals surface area contributed by atoms with Crippen LogP contribution in [0.2, 0.25) is 0 Å². The van der Waals surface area contributed by atoms with Crippen molar-refractivity contribution in [3.8, 4) is 0 Å². The van der Waals surface area contributed by atoms with E-state index in [1.54, 1.807) is 12.1 Å². The van der Waals surface area contributed by atoms with Crippen LogP contribution < -0.4 is 0 Å². The number of fused-ring (bicyclic) bond motifs is 1. The zero-order chi connectivity index (χ0) is 15.8. The number of aliphatic hydroxyl groups excluding tert-OH is 1. The molecule has 1 heterocycles. The van der Waals surface area contributed by atoms with Crippen LogP contribution in [-0.2, 0) is 11.8 Å². The SMILES string of the molecule is Cc1[nH]c2c(C(C)(C)C)cc(C(=O)O)cc2c1CCCO. The molecule has 0 aliphatic carbocycles. The molecule has 114 valence electrons. The second-order valence-electron chi connectivity index (χ2n) is 6.56. The van der Waals surface area contributed by atoms with E-state index in [2.05, 4.69) is 25.8 Å². The topological polar surface area (TPSA) is 73.3 Å². The van der Waals surface area contributed by atoms with Crippen LogP contribution in [0.4, 0.5) is 0 Å². The summed E-state index contributed by atoms with van der Waals surface area (Å²) >= 11 is 0. The summed E-state index contributed by atoms with van der Waals surface area (Å²) in [7, 11) is 0. The number of aromatic carboxylic acids is 1. The van der Waals surface area contributed by atoms with Crippen LogP contribution in [0.15, 0.2) is 12.1 Å². The molecule has 1 aromatic carbocycles. The van der Waals surface area contributed by atoms with Gasteiger partial charge < -0.3 is 15.2 Å². The number of aryl methyl sites for hydroxylation is 2. The second-order valence-corrected chi connectivity index (χ2v) is 6.56. The quantitative estimate of drug-likeness (QED) is 0.807. The van der Waals surface area contributed by atoms with Gasteiger partial charge >= 0.3 is 5.97 Å². The molecule has 0 fully saturated rings. The Bertz CT molecular complexity index is 677. The summed E-state index contributed by atoms with van der Waals surface area (Å²) in [6, 6.07) is 3.50. The summed E-state index contributed by atoms with van der Waals surface area (Å²) in [5.74, 6) is -0.908. The maximum Gasteiger partial charge on any atom is 0.335 e. The largest absolute Gasteiger partial charge is 0.478 e. The first-order chi connectivity index (χ1) is 9.75. The number of aromatic nitrogens is 1. The maximum absolute atomic E-state index is 11.4.